The van der Waals surface area contributed by atoms with E-state index >= 15 is 0 Å². The van der Waals surface area contributed by atoms with E-state index in [2.05, 4.69) is 23.2 Å². The van der Waals surface area contributed by atoms with Crippen LogP contribution in [0.2, 0.25) is 0 Å². The quantitative estimate of drug-likeness (QED) is 0.573. The average Bonchev–Trinajstić information content (AvgIpc) is 2.58. The topological polar surface area (TPSA) is 71.0 Å². The van der Waals surface area contributed by atoms with Crippen molar-refractivity contribution in [3.63, 3.8) is 0 Å². The van der Waals surface area contributed by atoms with Crippen molar-refractivity contribution < 1.29 is 19.4 Å². The van der Waals surface area contributed by atoms with Gasteiger partial charge in [-0.2, -0.15) is 0 Å². The molecule has 0 aliphatic heterocycles. The van der Waals surface area contributed by atoms with Crippen LogP contribution < -0.4 is 14.8 Å². The Morgan fingerprint density at radius 3 is 2.50 bits per heavy atom. The van der Waals surface area contributed by atoms with Gasteiger partial charge in [-0.1, -0.05) is 13.0 Å². The van der Waals surface area contributed by atoms with Crippen molar-refractivity contribution in [3.8, 4) is 11.5 Å². The predicted octanol–water partition coefficient (Wildman–Crippen LogP) is 3.01. The van der Waals surface area contributed by atoms with Crippen LogP contribution in [0.5, 0.6) is 11.5 Å². The van der Waals surface area contributed by atoms with E-state index < -0.39 is 6.09 Å². The van der Waals surface area contributed by atoms with E-state index in [-0.39, 0.29) is 0 Å². The molecule has 1 aromatic carbocycles. The van der Waals surface area contributed by atoms with E-state index in [0.717, 1.165) is 56.8 Å². The number of hydrogen-bond acceptors (Lipinski definition) is 4. The highest BCUT2D eigenvalue weighted by Gasteiger charge is 2.08. The fraction of sp³-hybridized carbons (Fsp3) is 0.611. The second-order valence-electron chi connectivity index (χ2n) is 5.72. The molecule has 0 radical (unpaired) electrons. The molecule has 6 heteroatoms. The molecule has 24 heavy (non-hydrogen) atoms. The second kappa shape index (κ2) is 11.6. The van der Waals surface area contributed by atoms with Crippen molar-refractivity contribution in [2.24, 2.45) is 0 Å². The highest BCUT2D eigenvalue weighted by atomic mass is 16.5. The van der Waals surface area contributed by atoms with Crippen molar-refractivity contribution in [3.05, 3.63) is 23.8 Å². The van der Waals surface area contributed by atoms with Crippen LogP contribution >= 0.6 is 0 Å². The van der Waals surface area contributed by atoms with Crippen molar-refractivity contribution >= 4 is 6.09 Å². The molecule has 0 aliphatic rings. The molecule has 6 nitrogen and oxygen atoms in total. The van der Waals surface area contributed by atoms with Gasteiger partial charge in [0.05, 0.1) is 14.2 Å². The lowest BCUT2D eigenvalue weighted by atomic mass is 10.1. The fourth-order valence-corrected chi connectivity index (χ4v) is 2.63. The van der Waals surface area contributed by atoms with Gasteiger partial charge in [0.15, 0.2) is 11.5 Å². The summed E-state index contributed by atoms with van der Waals surface area (Å²) in [6, 6.07) is 6.04. The molecule has 0 saturated heterocycles. The first kappa shape index (κ1) is 20.1. The van der Waals surface area contributed by atoms with Crippen LogP contribution in [0.3, 0.4) is 0 Å². The number of hydrogen-bond donors (Lipinski definition) is 2. The molecule has 2 N–H and O–H groups in total. The van der Waals surface area contributed by atoms with Gasteiger partial charge < -0.3 is 24.8 Å². The Hall–Kier alpha value is -1.95. The first-order valence-electron chi connectivity index (χ1n) is 8.50. The minimum Gasteiger partial charge on any atom is -0.493 e. The molecule has 136 valence electrons. The molecular formula is C18H30N2O4. The zero-order valence-corrected chi connectivity index (χ0v) is 15.0. The Morgan fingerprint density at radius 2 is 1.88 bits per heavy atom. The Labute approximate surface area is 144 Å². The Morgan fingerprint density at radius 1 is 1.12 bits per heavy atom. The minimum absolute atomic E-state index is 0.519. The maximum atomic E-state index is 10.4. The van der Waals surface area contributed by atoms with Gasteiger partial charge in [-0.05, 0) is 56.5 Å². The first-order chi connectivity index (χ1) is 11.6. The summed E-state index contributed by atoms with van der Waals surface area (Å²) in [5.41, 5.74) is 1.22. The third-order valence-corrected chi connectivity index (χ3v) is 3.88. The largest absolute Gasteiger partial charge is 0.493 e. The van der Waals surface area contributed by atoms with E-state index in [4.69, 9.17) is 14.6 Å². The number of rotatable bonds is 12. The maximum Gasteiger partial charge on any atom is 0.404 e. The van der Waals surface area contributed by atoms with E-state index in [9.17, 15) is 4.79 Å². The van der Waals surface area contributed by atoms with Crippen molar-refractivity contribution in [1.29, 1.82) is 0 Å². The summed E-state index contributed by atoms with van der Waals surface area (Å²) >= 11 is 0. The van der Waals surface area contributed by atoms with Crippen molar-refractivity contribution in [1.82, 2.24) is 10.2 Å². The lowest BCUT2D eigenvalue weighted by molar-refractivity contribution is 0.194. The van der Waals surface area contributed by atoms with E-state index in [1.54, 1.807) is 14.2 Å². The third kappa shape index (κ3) is 7.55. The minimum atomic E-state index is -0.950. The zero-order chi connectivity index (χ0) is 17.8. The summed E-state index contributed by atoms with van der Waals surface area (Å²) in [5, 5.41) is 11.0. The number of nitrogens with one attached hydrogen (secondary N) is 1. The van der Waals surface area contributed by atoms with Gasteiger partial charge in [0.25, 0.3) is 0 Å². The van der Waals surface area contributed by atoms with Gasteiger partial charge in [-0.15, -0.1) is 0 Å². The van der Waals surface area contributed by atoms with Gasteiger partial charge in [0, 0.05) is 13.1 Å². The summed E-state index contributed by atoms with van der Waals surface area (Å²) in [6.07, 6.45) is 2.97. The van der Waals surface area contributed by atoms with Gasteiger partial charge in [-0.3, -0.25) is 0 Å². The molecule has 1 rings (SSSR count). The molecule has 0 saturated carbocycles. The molecule has 0 aliphatic carbocycles. The first-order valence-corrected chi connectivity index (χ1v) is 8.50. The third-order valence-electron chi connectivity index (χ3n) is 3.88. The van der Waals surface area contributed by atoms with Crippen LogP contribution in [0.15, 0.2) is 18.2 Å². The summed E-state index contributed by atoms with van der Waals surface area (Å²) < 4.78 is 10.6. The Balaban J connectivity index is 2.43. The molecule has 0 aromatic heterocycles. The number of amides is 1. The lowest BCUT2D eigenvalue weighted by Gasteiger charge is -2.22. The predicted molar refractivity (Wildman–Crippen MR) is 95.2 cm³/mol. The van der Waals surface area contributed by atoms with Crippen LogP contribution in [0, 0.1) is 0 Å². The summed E-state index contributed by atoms with van der Waals surface area (Å²) in [5.74, 6) is 1.51. The molecule has 0 spiro atoms. The van der Waals surface area contributed by atoms with Gasteiger partial charge in [0.1, 0.15) is 0 Å². The van der Waals surface area contributed by atoms with Crippen molar-refractivity contribution in [2.45, 2.75) is 32.6 Å². The SMILES string of the molecule is CCCN(CCCCNC(=O)O)CCc1ccc(OC)c(OC)c1. The van der Waals surface area contributed by atoms with Crippen LogP contribution in [0.1, 0.15) is 31.7 Å². The molecule has 1 aromatic rings. The Kier molecular flexibility index (Phi) is 9.68. The fourth-order valence-electron chi connectivity index (χ4n) is 2.63. The van der Waals surface area contributed by atoms with Crippen LogP contribution in [0.4, 0.5) is 4.79 Å². The second-order valence-corrected chi connectivity index (χ2v) is 5.72. The number of nitrogens with zero attached hydrogens (tertiary/aromatic N) is 1. The van der Waals surface area contributed by atoms with Gasteiger partial charge in [0.2, 0.25) is 0 Å². The Bertz CT molecular complexity index is 494. The molecule has 0 unspecified atom stereocenters. The number of carbonyl (C=O) groups is 1. The molecule has 0 fully saturated rings. The molecule has 0 bridgehead atoms. The normalized spacial score (nSPS) is 10.7. The zero-order valence-electron chi connectivity index (χ0n) is 15.0. The lowest BCUT2D eigenvalue weighted by Crippen LogP contribution is -2.29. The standard InChI is InChI=1S/C18H30N2O4/c1-4-11-20(12-6-5-10-19-18(21)22)13-9-15-7-8-16(23-2)17(14-15)24-3/h7-8,14,19H,4-6,9-13H2,1-3H3,(H,21,22). The molecule has 0 heterocycles. The molecule has 0 atom stereocenters. The van der Waals surface area contributed by atoms with E-state index in [0.29, 0.717) is 6.54 Å². The monoisotopic (exact) mass is 338 g/mol. The maximum absolute atomic E-state index is 10.4. The number of methoxy groups -OCH3 is 2. The van der Waals surface area contributed by atoms with E-state index in [1.165, 1.54) is 5.56 Å². The molecule has 1 amide bonds. The van der Waals surface area contributed by atoms with Gasteiger partial charge >= 0.3 is 6.09 Å². The van der Waals surface area contributed by atoms with E-state index in [1.807, 2.05) is 12.1 Å². The smallest absolute Gasteiger partial charge is 0.404 e. The van der Waals surface area contributed by atoms with Crippen LogP contribution in [-0.4, -0.2) is 56.5 Å². The highest BCUT2D eigenvalue weighted by molar-refractivity contribution is 5.64. The average molecular weight is 338 g/mol. The van der Waals surface area contributed by atoms with Crippen LogP contribution in [0.25, 0.3) is 0 Å². The van der Waals surface area contributed by atoms with Gasteiger partial charge in [-0.25, -0.2) is 4.79 Å². The number of benzene rings is 1. The summed E-state index contributed by atoms with van der Waals surface area (Å²) in [7, 11) is 3.29. The summed E-state index contributed by atoms with van der Waals surface area (Å²) in [6.45, 7) is 5.72. The summed E-state index contributed by atoms with van der Waals surface area (Å²) in [4.78, 5) is 12.8. The highest BCUT2D eigenvalue weighted by Crippen LogP contribution is 2.27. The number of carboxylic acid groups (broad SMARTS) is 1. The van der Waals surface area contributed by atoms with Crippen molar-refractivity contribution in [2.75, 3.05) is 40.4 Å². The van der Waals surface area contributed by atoms with Crippen LogP contribution in [-0.2, 0) is 6.42 Å². The number of unbranched alkanes of at least 4 members (excludes halogenated alkanes) is 1. The molecular weight excluding hydrogens is 308 g/mol. The number of ether oxygens (including phenoxy) is 2.